The maximum atomic E-state index is 12.2. The maximum absolute atomic E-state index is 12.2. The highest BCUT2D eigenvalue weighted by atomic mass is 16.5. The van der Waals surface area contributed by atoms with Crippen LogP contribution in [0.15, 0.2) is 40.9 Å². The number of carbonyl (C=O) groups excluding carboxylic acids is 1. The lowest BCUT2D eigenvalue weighted by Gasteiger charge is -2.35. The van der Waals surface area contributed by atoms with Crippen LogP contribution in [0.2, 0.25) is 0 Å². The molecular formula is C19H26N4O2. The normalized spacial score (nSPS) is 16.0. The highest BCUT2D eigenvalue weighted by molar-refractivity contribution is 5.91. The van der Waals surface area contributed by atoms with Crippen LogP contribution in [0.4, 0.5) is 11.6 Å². The quantitative estimate of drug-likeness (QED) is 0.926. The van der Waals surface area contributed by atoms with Gasteiger partial charge in [0.25, 0.3) is 0 Å². The molecule has 0 aliphatic carbocycles. The van der Waals surface area contributed by atoms with E-state index in [9.17, 15) is 4.79 Å². The Kier molecular flexibility index (Phi) is 5.08. The van der Waals surface area contributed by atoms with E-state index in [1.165, 1.54) is 5.69 Å². The van der Waals surface area contributed by atoms with Crippen molar-refractivity contribution in [3.63, 3.8) is 0 Å². The first kappa shape index (κ1) is 17.5. The Morgan fingerprint density at radius 3 is 2.44 bits per heavy atom. The largest absolute Gasteiger partial charge is 0.369 e. The molecule has 1 aromatic carbocycles. The molecule has 1 aromatic heterocycles. The third kappa shape index (κ3) is 4.60. The minimum Gasteiger partial charge on any atom is -0.369 e. The number of amides is 1. The van der Waals surface area contributed by atoms with Crippen molar-refractivity contribution in [2.75, 3.05) is 42.9 Å². The second-order valence-electron chi connectivity index (χ2n) is 7.47. The van der Waals surface area contributed by atoms with Crippen LogP contribution >= 0.6 is 0 Å². The third-order valence-electron chi connectivity index (χ3n) is 4.40. The number of carbonyl (C=O) groups is 1. The number of nitrogens with zero attached hydrogens (tertiary/aromatic N) is 3. The Balaban J connectivity index is 1.47. The highest BCUT2D eigenvalue weighted by Crippen LogP contribution is 2.23. The molecule has 2 aromatic rings. The van der Waals surface area contributed by atoms with Crippen LogP contribution in [0.1, 0.15) is 26.5 Å². The van der Waals surface area contributed by atoms with E-state index >= 15 is 0 Å². The standard InChI is InChI=1S/C19H26N4O2/c1-19(2,3)16-13-18(25-21-16)20-17(24)14-22-9-11-23(12-10-22)15-7-5-4-6-8-15/h4-8,13H,9-12,14H2,1-3H3,(H,20,24). The molecule has 1 saturated heterocycles. The first-order valence-electron chi connectivity index (χ1n) is 8.71. The van der Waals surface area contributed by atoms with Crippen molar-refractivity contribution in [2.45, 2.75) is 26.2 Å². The van der Waals surface area contributed by atoms with Gasteiger partial charge in [-0.25, -0.2) is 0 Å². The summed E-state index contributed by atoms with van der Waals surface area (Å²) in [5.41, 5.74) is 1.97. The molecule has 0 atom stereocenters. The molecule has 3 rings (SSSR count). The van der Waals surface area contributed by atoms with E-state index < -0.39 is 0 Å². The number of rotatable bonds is 4. The molecule has 0 unspecified atom stereocenters. The lowest BCUT2D eigenvalue weighted by Crippen LogP contribution is -2.48. The zero-order valence-electron chi connectivity index (χ0n) is 15.2. The molecule has 1 aliphatic heterocycles. The summed E-state index contributed by atoms with van der Waals surface area (Å²) in [7, 11) is 0. The number of hydrogen-bond acceptors (Lipinski definition) is 5. The number of anilines is 2. The summed E-state index contributed by atoms with van der Waals surface area (Å²) in [6, 6.07) is 12.2. The predicted octanol–water partition coefficient (Wildman–Crippen LogP) is 2.73. The Bertz CT molecular complexity index is 698. The number of para-hydroxylation sites is 1. The van der Waals surface area contributed by atoms with E-state index in [2.05, 4.69) is 65.3 Å². The van der Waals surface area contributed by atoms with E-state index in [1.54, 1.807) is 6.07 Å². The topological polar surface area (TPSA) is 61.6 Å². The molecule has 2 heterocycles. The van der Waals surface area contributed by atoms with E-state index in [0.717, 1.165) is 31.9 Å². The molecule has 0 spiro atoms. The van der Waals surface area contributed by atoms with E-state index in [1.807, 2.05) is 6.07 Å². The summed E-state index contributed by atoms with van der Waals surface area (Å²) < 4.78 is 5.22. The maximum Gasteiger partial charge on any atom is 0.240 e. The van der Waals surface area contributed by atoms with Crippen molar-refractivity contribution in [1.82, 2.24) is 10.1 Å². The fourth-order valence-corrected chi connectivity index (χ4v) is 2.87. The second kappa shape index (κ2) is 7.27. The zero-order chi connectivity index (χ0) is 17.9. The van der Waals surface area contributed by atoms with Gasteiger partial charge in [-0.1, -0.05) is 44.1 Å². The summed E-state index contributed by atoms with van der Waals surface area (Å²) in [5.74, 6) is 0.350. The number of hydrogen-bond donors (Lipinski definition) is 1. The van der Waals surface area contributed by atoms with Crippen LogP contribution in [0.5, 0.6) is 0 Å². The number of aromatic nitrogens is 1. The summed E-state index contributed by atoms with van der Waals surface area (Å²) in [4.78, 5) is 16.7. The van der Waals surface area contributed by atoms with Gasteiger partial charge in [-0.3, -0.25) is 15.0 Å². The van der Waals surface area contributed by atoms with Gasteiger partial charge in [0.05, 0.1) is 12.2 Å². The Morgan fingerprint density at radius 2 is 1.84 bits per heavy atom. The van der Waals surface area contributed by atoms with Gasteiger partial charge >= 0.3 is 0 Å². The number of piperazine rings is 1. The number of nitrogens with one attached hydrogen (secondary N) is 1. The lowest BCUT2D eigenvalue weighted by molar-refractivity contribution is -0.117. The van der Waals surface area contributed by atoms with Gasteiger partial charge in [0.2, 0.25) is 11.8 Å². The number of benzene rings is 1. The Hall–Kier alpha value is -2.34. The Morgan fingerprint density at radius 1 is 1.16 bits per heavy atom. The van der Waals surface area contributed by atoms with E-state index in [4.69, 9.17) is 4.52 Å². The van der Waals surface area contributed by atoms with Crippen LogP contribution in [0, 0.1) is 0 Å². The van der Waals surface area contributed by atoms with Gasteiger partial charge in [-0.2, -0.15) is 0 Å². The first-order chi connectivity index (χ1) is 11.9. The average molecular weight is 342 g/mol. The fourth-order valence-electron chi connectivity index (χ4n) is 2.87. The predicted molar refractivity (Wildman–Crippen MR) is 98.9 cm³/mol. The van der Waals surface area contributed by atoms with E-state index in [0.29, 0.717) is 12.4 Å². The summed E-state index contributed by atoms with van der Waals surface area (Å²) in [5, 5.41) is 6.82. The fraction of sp³-hybridized carbons (Fsp3) is 0.474. The molecule has 1 N–H and O–H groups in total. The van der Waals surface area contributed by atoms with Gasteiger partial charge in [-0.15, -0.1) is 0 Å². The minimum absolute atomic E-state index is 0.0650. The van der Waals surface area contributed by atoms with Crippen molar-refractivity contribution < 1.29 is 9.32 Å². The van der Waals surface area contributed by atoms with Crippen molar-refractivity contribution in [1.29, 1.82) is 0 Å². The van der Waals surface area contributed by atoms with Crippen molar-refractivity contribution in [2.24, 2.45) is 0 Å². The molecule has 1 aliphatic rings. The smallest absolute Gasteiger partial charge is 0.240 e. The molecule has 1 fully saturated rings. The van der Waals surface area contributed by atoms with Gasteiger partial charge in [0.15, 0.2) is 0 Å². The van der Waals surface area contributed by atoms with Crippen molar-refractivity contribution >= 4 is 17.5 Å². The van der Waals surface area contributed by atoms with E-state index in [-0.39, 0.29) is 11.3 Å². The molecular weight excluding hydrogens is 316 g/mol. The minimum atomic E-state index is -0.0970. The van der Waals surface area contributed by atoms with Gasteiger partial charge in [0, 0.05) is 43.3 Å². The van der Waals surface area contributed by atoms with Crippen LogP contribution < -0.4 is 10.2 Å². The molecule has 6 nitrogen and oxygen atoms in total. The van der Waals surface area contributed by atoms with Crippen LogP contribution in [-0.2, 0) is 10.2 Å². The van der Waals surface area contributed by atoms with Crippen molar-refractivity contribution in [3.05, 3.63) is 42.1 Å². The monoisotopic (exact) mass is 342 g/mol. The third-order valence-corrected chi connectivity index (χ3v) is 4.40. The van der Waals surface area contributed by atoms with Gasteiger partial charge < -0.3 is 9.42 Å². The highest BCUT2D eigenvalue weighted by Gasteiger charge is 2.22. The first-order valence-corrected chi connectivity index (χ1v) is 8.71. The SMILES string of the molecule is CC(C)(C)c1cc(NC(=O)CN2CCN(c3ccccc3)CC2)on1. The van der Waals surface area contributed by atoms with Crippen LogP contribution in [0.25, 0.3) is 0 Å². The molecule has 134 valence electrons. The molecule has 0 bridgehead atoms. The van der Waals surface area contributed by atoms with Gasteiger partial charge in [0.1, 0.15) is 0 Å². The van der Waals surface area contributed by atoms with Crippen molar-refractivity contribution in [3.8, 4) is 0 Å². The lowest BCUT2D eigenvalue weighted by atomic mass is 9.92. The van der Waals surface area contributed by atoms with Gasteiger partial charge in [-0.05, 0) is 12.1 Å². The van der Waals surface area contributed by atoms with Crippen LogP contribution in [0.3, 0.4) is 0 Å². The second-order valence-corrected chi connectivity index (χ2v) is 7.47. The summed E-state index contributed by atoms with van der Waals surface area (Å²) in [6.07, 6.45) is 0. The summed E-state index contributed by atoms with van der Waals surface area (Å²) in [6.45, 7) is 10.1. The molecule has 25 heavy (non-hydrogen) atoms. The molecule has 0 radical (unpaired) electrons. The average Bonchev–Trinajstić information content (AvgIpc) is 3.05. The summed E-state index contributed by atoms with van der Waals surface area (Å²) >= 11 is 0. The molecule has 0 saturated carbocycles. The zero-order valence-corrected chi connectivity index (χ0v) is 15.2. The Labute approximate surface area is 148 Å². The molecule has 1 amide bonds. The molecule has 6 heteroatoms. The van der Waals surface area contributed by atoms with Crippen LogP contribution in [-0.4, -0.2) is 48.7 Å².